The highest BCUT2D eigenvalue weighted by molar-refractivity contribution is 7.91. The summed E-state index contributed by atoms with van der Waals surface area (Å²) in [4.78, 5) is -0.0307. The van der Waals surface area contributed by atoms with E-state index in [1.807, 2.05) is 0 Å². The predicted molar refractivity (Wildman–Crippen MR) is 63.8 cm³/mol. The Hall–Kier alpha value is -1.20. The van der Waals surface area contributed by atoms with E-state index in [4.69, 9.17) is 10.4 Å². The van der Waals surface area contributed by atoms with Crippen LogP contribution < -0.4 is 11.3 Å². The second-order valence-electron chi connectivity index (χ2n) is 3.24. The van der Waals surface area contributed by atoms with Crippen molar-refractivity contribution in [2.45, 2.75) is 4.90 Å². The first-order valence-corrected chi connectivity index (χ1v) is 7.67. The van der Waals surface area contributed by atoms with Gasteiger partial charge in [-0.25, -0.2) is 12.6 Å². The average molecular weight is 296 g/mol. The van der Waals surface area contributed by atoms with Gasteiger partial charge in [0.05, 0.1) is 17.3 Å². The Morgan fingerprint density at radius 1 is 1.28 bits per heavy atom. The van der Waals surface area contributed by atoms with E-state index in [0.717, 1.165) is 0 Å². The van der Waals surface area contributed by atoms with Gasteiger partial charge in [0.1, 0.15) is 0 Å². The summed E-state index contributed by atoms with van der Waals surface area (Å²) in [5.74, 6) is 4.55. The van der Waals surface area contributed by atoms with Gasteiger partial charge in [0.2, 0.25) is 0 Å². The Balaban J connectivity index is 2.80. The van der Waals surface area contributed by atoms with Crippen molar-refractivity contribution in [3.8, 4) is 0 Å². The zero-order chi connectivity index (χ0) is 13.8. The van der Waals surface area contributed by atoms with Crippen molar-refractivity contribution in [2.24, 2.45) is 5.84 Å². The molecule has 0 spiro atoms. The molecule has 0 aliphatic heterocycles. The minimum atomic E-state index is -4.64. The molecule has 4 N–H and O–H groups in total. The number of nitrogens with two attached hydrogens (primary N) is 1. The highest BCUT2D eigenvalue weighted by Gasteiger charge is 2.16. The number of hydrazine groups is 1. The molecular formula is C8H12N2O6S2. The van der Waals surface area contributed by atoms with Crippen LogP contribution in [0.15, 0.2) is 29.2 Å². The third kappa shape index (κ3) is 4.58. The lowest BCUT2D eigenvalue weighted by Gasteiger charge is -2.06. The molecule has 0 unspecified atom stereocenters. The van der Waals surface area contributed by atoms with Crippen LogP contribution in [0.5, 0.6) is 0 Å². The first-order valence-electron chi connectivity index (χ1n) is 4.66. The van der Waals surface area contributed by atoms with Crippen LogP contribution in [0.25, 0.3) is 0 Å². The van der Waals surface area contributed by atoms with Crippen molar-refractivity contribution >= 4 is 25.9 Å². The number of nitrogens with one attached hydrogen (secondary N) is 1. The third-order valence-electron chi connectivity index (χ3n) is 1.94. The Morgan fingerprint density at radius 3 is 2.50 bits per heavy atom. The average Bonchev–Trinajstić information content (AvgIpc) is 2.27. The number of nitrogen functional groups attached to an aromatic ring is 1. The van der Waals surface area contributed by atoms with Crippen LogP contribution in [0.4, 0.5) is 5.69 Å². The largest absolute Gasteiger partial charge is 0.397 e. The molecule has 0 aliphatic carbocycles. The highest BCUT2D eigenvalue weighted by atomic mass is 32.3. The number of sulfone groups is 1. The Bertz CT molecular complexity index is 610. The summed E-state index contributed by atoms with van der Waals surface area (Å²) >= 11 is 0. The van der Waals surface area contributed by atoms with E-state index in [2.05, 4.69) is 9.61 Å². The lowest BCUT2D eigenvalue weighted by molar-refractivity contribution is 0.284. The first-order chi connectivity index (χ1) is 8.24. The summed E-state index contributed by atoms with van der Waals surface area (Å²) in [6.45, 7) is -0.665. The van der Waals surface area contributed by atoms with Crippen LogP contribution in [-0.2, 0) is 24.4 Å². The second-order valence-corrected chi connectivity index (χ2v) is 6.44. The van der Waals surface area contributed by atoms with Gasteiger partial charge in [0, 0.05) is 5.69 Å². The molecule has 0 bridgehead atoms. The van der Waals surface area contributed by atoms with Crippen molar-refractivity contribution in [3.05, 3.63) is 24.3 Å². The zero-order valence-electron chi connectivity index (χ0n) is 9.11. The molecule has 1 rings (SSSR count). The first kappa shape index (κ1) is 14.9. The maximum Gasteiger partial charge on any atom is 0.397 e. The normalized spacial score (nSPS) is 12.3. The van der Waals surface area contributed by atoms with Gasteiger partial charge in [-0.2, -0.15) is 8.42 Å². The smallest absolute Gasteiger partial charge is 0.324 e. The van der Waals surface area contributed by atoms with E-state index in [9.17, 15) is 16.8 Å². The number of rotatable bonds is 6. The van der Waals surface area contributed by atoms with E-state index in [1.165, 1.54) is 18.2 Å². The third-order valence-corrected chi connectivity index (χ3v) is 4.08. The van der Waals surface area contributed by atoms with E-state index in [0.29, 0.717) is 5.69 Å². The molecule has 18 heavy (non-hydrogen) atoms. The van der Waals surface area contributed by atoms with E-state index >= 15 is 0 Å². The summed E-state index contributed by atoms with van der Waals surface area (Å²) in [6, 6.07) is 5.67. The van der Waals surface area contributed by atoms with Crippen LogP contribution in [0.2, 0.25) is 0 Å². The van der Waals surface area contributed by atoms with Crippen molar-refractivity contribution in [1.29, 1.82) is 0 Å². The number of benzene rings is 1. The van der Waals surface area contributed by atoms with E-state index < -0.39 is 32.6 Å². The molecule has 102 valence electrons. The van der Waals surface area contributed by atoms with Gasteiger partial charge >= 0.3 is 10.4 Å². The van der Waals surface area contributed by atoms with Crippen LogP contribution in [-0.4, -0.2) is 33.7 Å². The Morgan fingerprint density at radius 2 is 1.94 bits per heavy atom. The molecule has 0 heterocycles. The monoisotopic (exact) mass is 296 g/mol. The van der Waals surface area contributed by atoms with Gasteiger partial charge in [-0.15, -0.1) is 0 Å². The lowest BCUT2D eigenvalue weighted by atomic mass is 10.3. The number of hydrogen-bond acceptors (Lipinski definition) is 7. The number of hydrogen-bond donors (Lipinski definition) is 3. The summed E-state index contributed by atoms with van der Waals surface area (Å²) in [5.41, 5.74) is 2.68. The topological polar surface area (TPSA) is 136 Å². The van der Waals surface area contributed by atoms with Crippen LogP contribution in [0.1, 0.15) is 0 Å². The maximum absolute atomic E-state index is 11.8. The molecule has 0 saturated carbocycles. The molecular weight excluding hydrogens is 284 g/mol. The fraction of sp³-hybridized carbons (Fsp3) is 0.250. The van der Waals surface area contributed by atoms with Gasteiger partial charge < -0.3 is 5.43 Å². The quantitative estimate of drug-likeness (QED) is 0.365. The fourth-order valence-corrected chi connectivity index (χ4v) is 2.68. The minimum absolute atomic E-state index is 0.0307. The van der Waals surface area contributed by atoms with Crippen LogP contribution >= 0.6 is 0 Å². The minimum Gasteiger partial charge on any atom is -0.324 e. The van der Waals surface area contributed by atoms with Crippen molar-refractivity contribution in [2.75, 3.05) is 17.8 Å². The molecule has 0 atom stereocenters. The molecule has 8 nitrogen and oxygen atoms in total. The van der Waals surface area contributed by atoms with Gasteiger partial charge in [0.25, 0.3) is 0 Å². The predicted octanol–water partition coefficient (Wildman–Crippen LogP) is -0.435. The van der Waals surface area contributed by atoms with Crippen molar-refractivity contribution in [3.63, 3.8) is 0 Å². The van der Waals surface area contributed by atoms with Crippen LogP contribution in [0.3, 0.4) is 0 Å². The Labute approximate surface area is 105 Å². The molecule has 1 aromatic carbocycles. The lowest BCUT2D eigenvalue weighted by Crippen LogP contribution is -2.16. The van der Waals surface area contributed by atoms with Gasteiger partial charge in [0.15, 0.2) is 9.84 Å². The molecule has 0 saturated heterocycles. The van der Waals surface area contributed by atoms with Crippen LogP contribution in [0, 0.1) is 0 Å². The summed E-state index contributed by atoms with van der Waals surface area (Å²) in [7, 11) is -8.35. The Kier molecular flexibility index (Phi) is 4.65. The molecule has 10 heteroatoms. The zero-order valence-corrected chi connectivity index (χ0v) is 10.7. The molecule has 0 fully saturated rings. The molecule has 0 aliphatic rings. The summed E-state index contributed by atoms with van der Waals surface area (Å²) < 4.78 is 56.3. The van der Waals surface area contributed by atoms with Gasteiger partial charge in [-0.1, -0.05) is 6.07 Å². The van der Waals surface area contributed by atoms with Crippen molar-refractivity contribution < 1.29 is 25.6 Å². The number of anilines is 1. The molecule has 0 radical (unpaired) electrons. The van der Waals surface area contributed by atoms with Gasteiger partial charge in [-0.05, 0) is 18.2 Å². The summed E-state index contributed by atoms with van der Waals surface area (Å²) in [6.07, 6.45) is 0. The maximum atomic E-state index is 11.8. The highest BCUT2D eigenvalue weighted by Crippen LogP contribution is 2.16. The molecule has 0 amide bonds. The molecule has 0 aromatic heterocycles. The second kappa shape index (κ2) is 5.63. The SMILES string of the molecule is NNc1cccc(S(=O)(=O)CCOS(=O)(=O)O)c1. The standard InChI is InChI=1S/C8H12N2O6S2/c9-10-7-2-1-3-8(6-7)17(11,12)5-4-16-18(13,14)15/h1-3,6,10H,4-5,9H2,(H,13,14,15). The summed E-state index contributed by atoms with van der Waals surface area (Å²) in [5, 5.41) is 0. The van der Waals surface area contributed by atoms with E-state index in [1.54, 1.807) is 6.07 Å². The fourth-order valence-electron chi connectivity index (χ4n) is 1.15. The molecule has 1 aromatic rings. The van der Waals surface area contributed by atoms with E-state index in [-0.39, 0.29) is 4.90 Å². The van der Waals surface area contributed by atoms with Gasteiger partial charge in [-0.3, -0.25) is 10.4 Å². The van der Waals surface area contributed by atoms with Crippen molar-refractivity contribution in [1.82, 2.24) is 0 Å².